The van der Waals surface area contributed by atoms with Crippen molar-refractivity contribution in [2.45, 2.75) is 45.1 Å². The van der Waals surface area contributed by atoms with E-state index in [1.165, 1.54) is 6.33 Å². The van der Waals surface area contributed by atoms with E-state index < -0.39 is 0 Å². The van der Waals surface area contributed by atoms with Gasteiger partial charge in [-0.15, -0.1) is 0 Å². The van der Waals surface area contributed by atoms with Crippen LogP contribution in [0.4, 0.5) is 22.0 Å². The normalized spacial score (nSPS) is 20.1. The molecule has 1 unspecified atom stereocenters. The second-order valence-corrected chi connectivity index (χ2v) is 9.28. The first kappa shape index (κ1) is 21.7. The summed E-state index contributed by atoms with van der Waals surface area (Å²) >= 11 is 0. The lowest BCUT2D eigenvalue weighted by molar-refractivity contribution is 0.122. The van der Waals surface area contributed by atoms with Crippen molar-refractivity contribution in [3.63, 3.8) is 0 Å². The standard InChI is InChI=1S/C22H32FN7O/c1-22(2,3)19-18(23)20(26-15-25-19)30-9-5-6-16(14-30)28(4)21-24-8-7-17(27-21)29-10-12-31-13-11-29/h7-8,15-16H,5-6,9-14H2,1-4H3. The van der Waals surface area contributed by atoms with Crippen LogP contribution in [0, 0.1) is 5.82 Å². The third-order valence-corrected chi connectivity index (χ3v) is 6.00. The summed E-state index contributed by atoms with van der Waals surface area (Å²) in [5.41, 5.74) is 0.0798. The first-order chi connectivity index (χ1) is 14.8. The van der Waals surface area contributed by atoms with Gasteiger partial charge in [0.05, 0.1) is 18.9 Å². The van der Waals surface area contributed by atoms with E-state index in [-0.39, 0.29) is 17.3 Å². The third kappa shape index (κ3) is 4.71. The maximum atomic E-state index is 15.2. The molecule has 0 amide bonds. The molecule has 0 bridgehead atoms. The summed E-state index contributed by atoms with van der Waals surface area (Å²) in [5.74, 6) is 1.68. The van der Waals surface area contributed by atoms with Gasteiger partial charge in [-0.25, -0.2) is 19.3 Å². The van der Waals surface area contributed by atoms with Crippen LogP contribution >= 0.6 is 0 Å². The lowest BCUT2D eigenvalue weighted by atomic mass is 9.91. The lowest BCUT2D eigenvalue weighted by Gasteiger charge is -2.38. The highest BCUT2D eigenvalue weighted by Gasteiger charge is 2.30. The van der Waals surface area contributed by atoms with Crippen molar-refractivity contribution in [2.24, 2.45) is 0 Å². The zero-order valence-corrected chi connectivity index (χ0v) is 18.9. The molecule has 8 nitrogen and oxygen atoms in total. The molecule has 2 aliphatic rings. The summed E-state index contributed by atoms with van der Waals surface area (Å²) in [5, 5.41) is 0. The second-order valence-electron chi connectivity index (χ2n) is 9.28. The summed E-state index contributed by atoms with van der Waals surface area (Å²) in [7, 11) is 2.02. The van der Waals surface area contributed by atoms with Crippen molar-refractivity contribution in [1.29, 1.82) is 0 Å². The Hall–Kier alpha value is -2.55. The van der Waals surface area contributed by atoms with Crippen LogP contribution in [-0.4, -0.2) is 72.4 Å². The molecule has 9 heteroatoms. The minimum absolute atomic E-state index is 0.168. The molecular weight excluding hydrogens is 397 g/mol. The van der Waals surface area contributed by atoms with Crippen LogP contribution in [-0.2, 0) is 10.2 Å². The molecule has 168 valence electrons. The Bertz CT molecular complexity index is 898. The van der Waals surface area contributed by atoms with Crippen LogP contribution in [0.1, 0.15) is 39.3 Å². The molecule has 4 rings (SSSR count). The fourth-order valence-corrected chi connectivity index (χ4v) is 4.21. The Morgan fingerprint density at radius 3 is 2.61 bits per heavy atom. The Labute approximate surface area is 183 Å². The van der Waals surface area contributed by atoms with Crippen molar-refractivity contribution < 1.29 is 9.13 Å². The van der Waals surface area contributed by atoms with E-state index in [9.17, 15) is 0 Å². The number of ether oxygens (including phenoxy) is 1. The number of hydrogen-bond acceptors (Lipinski definition) is 8. The molecule has 0 N–H and O–H groups in total. The first-order valence-corrected chi connectivity index (χ1v) is 11.0. The molecule has 0 aromatic carbocycles. The van der Waals surface area contributed by atoms with Crippen LogP contribution in [0.3, 0.4) is 0 Å². The van der Waals surface area contributed by atoms with Crippen LogP contribution in [0.25, 0.3) is 0 Å². The van der Waals surface area contributed by atoms with Gasteiger partial charge in [0, 0.05) is 50.9 Å². The van der Waals surface area contributed by atoms with Gasteiger partial charge in [0.25, 0.3) is 0 Å². The van der Waals surface area contributed by atoms with Gasteiger partial charge in [-0.2, -0.15) is 4.98 Å². The van der Waals surface area contributed by atoms with Gasteiger partial charge in [-0.1, -0.05) is 20.8 Å². The van der Waals surface area contributed by atoms with Crippen molar-refractivity contribution >= 4 is 17.6 Å². The fourth-order valence-electron chi connectivity index (χ4n) is 4.21. The molecular formula is C22H32FN7O. The highest BCUT2D eigenvalue weighted by molar-refractivity contribution is 5.47. The number of likely N-dealkylation sites (N-methyl/N-ethyl adjacent to an activating group) is 1. The Kier molecular flexibility index (Phi) is 6.22. The van der Waals surface area contributed by atoms with E-state index in [0.29, 0.717) is 37.2 Å². The van der Waals surface area contributed by atoms with Gasteiger partial charge < -0.3 is 19.4 Å². The van der Waals surface area contributed by atoms with Crippen LogP contribution in [0.15, 0.2) is 18.6 Å². The van der Waals surface area contributed by atoms with E-state index >= 15 is 4.39 Å². The SMILES string of the molecule is CN(c1nccc(N2CCOCC2)n1)C1CCCN(c2ncnc(C(C)(C)C)c2F)C1. The third-order valence-electron chi connectivity index (χ3n) is 6.00. The molecule has 4 heterocycles. The fraction of sp³-hybridized carbons (Fsp3) is 0.636. The van der Waals surface area contributed by atoms with E-state index in [0.717, 1.165) is 38.3 Å². The second kappa shape index (κ2) is 8.90. The van der Waals surface area contributed by atoms with E-state index in [2.05, 4.69) is 24.8 Å². The predicted octanol–water partition coefficient (Wildman–Crippen LogP) is 2.65. The molecule has 0 spiro atoms. The quantitative estimate of drug-likeness (QED) is 0.735. The number of aromatic nitrogens is 4. The molecule has 2 aromatic heterocycles. The summed E-state index contributed by atoms with van der Waals surface area (Å²) < 4.78 is 20.7. The number of nitrogens with zero attached hydrogens (tertiary/aromatic N) is 7. The average Bonchev–Trinajstić information content (AvgIpc) is 2.79. The zero-order chi connectivity index (χ0) is 22.0. The molecule has 0 aliphatic carbocycles. The van der Waals surface area contributed by atoms with Crippen LogP contribution in [0.5, 0.6) is 0 Å². The molecule has 0 saturated carbocycles. The molecule has 1 atom stereocenters. The summed E-state index contributed by atoms with van der Waals surface area (Å²) in [6.45, 7) is 10.4. The minimum Gasteiger partial charge on any atom is -0.378 e. The largest absolute Gasteiger partial charge is 0.378 e. The van der Waals surface area contributed by atoms with Gasteiger partial charge in [-0.3, -0.25) is 0 Å². The molecule has 2 fully saturated rings. The van der Waals surface area contributed by atoms with Crippen molar-refractivity contribution in [3.8, 4) is 0 Å². The smallest absolute Gasteiger partial charge is 0.227 e. The Balaban J connectivity index is 1.52. The summed E-state index contributed by atoms with van der Waals surface area (Å²) in [6, 6.07) is 2.11. The van der Waals surface area contributed by atoms with Crippen LogP contribution < -0.4 is 14.7 Å². The van der Waals surface area contributed by atoms with Gasteiger partial charge in [0.1, 0.15) is 12.1 Å². The topological polar surface area (TPSA) is 70.5 Å². The first-order valence-electron chi connectivity index (χ1n) is 11.0. The maximum absolute atomic E-state index is 15.2. The summed E-state index contributed by atoms with van der Waals surface area (Å²) in [4.78, 5) is 24.2. The van der Waals surface area contributed by atoms with Crippen molar-refractivity contribution in [1.82, 2.24) is 19.9 Å². The predicted molar refractivity (Wildman–Crippen MR) is 119 cm³/mol. The molecule has 2 aromatic rings. The van der Waals surface area contributed by atoms with Crippen molar-refractivity contribution in [3.05, 3.63) is 30.1 Å². The van der Waals surface area contributed by atoms with Gasteiger partial charge in [0.2, 0.25) is 5.95 Å². The maximum Gasteiger partial charge on any atom is 0.227 e. The lowest BCUT2D eigenvalue weighted by Crippen LogP contribution is -2.48. The Morgan fingerprint density at radius 2 is 1.87 bits per heavy atom. The van der Waals surface area contributed by atoms with E-state index in [4.69, 9.17) is 9.72 Å². The van der Waals surface area contributed by atoms with Gasteiger partial charge in [0.15, 0.2) is 11.6 Å². The summed E-state index contributed by atoms with van der Waals surface area (Å²) in [6.07, 6.45) is 5.23. The number of anilines is 3. The van der Waals surface area contributed by atoms with Crippen LogP contribution in [0.2, 0.25) is 0 Å². The molecule has 0 radical (unpaired) electrons. The number of halogens is 1. The number of rotatable bonds is 4. The Morgan fingerprint density at radius 1 is 1.10 bits per heavy atom. The average molecular weight is 430 g/mol. The monoisotopic (exact) mass is 429 g/mol. The highest BCUT2D eigenvalue weighted by atomic mass is 19.1. The zero-order valence-electron chi connectivity index (χ0n) is 18.9. The number of piperidine rings is 1. The van der Waals surface area contributed by atoms with Gasteiger partial charge >= 0.3 is 0 Å². The minimum atomic E-state index is -0.373. The number of morpholine rings is 1. The molecule has 2 saturated heterocycles. The number of hydrogen-bond donors (Lipinski definition) is 0. The molecule has 2 aliphatic heterocycles. The highest BCUT2D eigenvalue weighted by Crippen LogP contribution is 2.30. The van der Waals surface area contributed by atoms with Crippen molar-refractivity contribution in [2.75, 3.05) is 61.1 Å². The molecule has 31 heavy (non-hydrogen) atoms. The van der Waals surface area contributed by atoms with E-state index in [1.807, 2.05) is 45.0 Å². The van der Waals surface area contributed by atoms with Gasteiger partial charge in [-0.05, 0) is 18.9 Å². The van der Waals surface area contributed by atoms with E-state index in [1.54, 1.807) is 0 Å².